The lowest BCUT2D eigenvalue weighted by Crippen LogP contribution is -1.81. The molecular weight excluding hydrogens is 194 g/mol. The minimum Gasteiger partial charge on any atom is -0.261 e. The van der Waals surface area contributed by atoms with Crippen LogP contribution in [0.25, 0.3) is 0 Å². The zero-order chi connectivity index (χ0) is 11.5. The van der Waals surface area contributed by atoms with Crippen molar-refractivity contribution in [3.05, 3.63) is 29.8 Å². The summed E-state index contributed by atoms with van der Waals surface area (Å²) in [6, 6.07) is 8.37. The van der Waals surface area contributed by atoms with Gasteiger partial charge in [0.2, 0.25) is 0 Å². The third-order valence-electron chi connectivity index (χ3n) is 2.00. The highest BCUT2D eigenvalue weighted by molar-refractivity contribution is 5.66. The van der Waals surface area contributed by atoms with Crippen LogP contribution >= 0.6 is 0 Å². The van der Waals surface area contributed by atoms with Gasteiger partial charge in [-0.3, -0.25) is 4.99 Å². The molecule has 16 heavy (non-hydrogen) atoms. The fourth-order valence-corrected chi connectivity index (χ4v) is 1.39. The number of benzene rings is 1. The number of para-hydroxylation sites is 1. The maximum Gasteiger partial charge on any atom is 0.0657 e. The normalized spacial score (nSPS) is 11.5. The Labute approximate surface area is 102 Å². The molecule has 0 fully saturated rings. The summed E-state index contributed by atoms with van der Waals surface area (Å²) in [6.07, 6.45) is 5.55. The van der Waals surface area contributed by atoms with Crippen LogP contribution in [0.4, 0.5) is 5.69 Å². The van der Waals surface area contributed by atoms with E-state index in [1.165, 1.54) is 18.4 Å². The van der Waals surface area contributed by atoms with E-state index in [0.29, 0.717) is 0 Å². The van der Waals surface area contributed by atoms with Crippen LogP contribution in [-0.2, 0) is 6.42 Å². The van der Waals surface area contributed by atoms with E-state index < -0.39 is 0 Å². The predicted octanol–water partition coefficient (Wildman–Crippen LogP) is 5.41. The van der Waals surface area contributed by atoms with Crippen LogP contribution < -0.4 is 0 Å². The summed E-state index contributed by atoms with van der Waals surface area (Å²) in [5.41, 5.74) is 2.55. The zero-order valence-corrected chi connectivity index (χ0v) is 10.5. The van der Waals surface area contributed by atoms with Gasteiger partial charge >= 0.3 is 0 Å². The molecular formula is C15H27N. The van der Waals surface area contributed by atoms with Gasteiger partial charge in [0, 0.05) is 6.21 Å². The van der Waals surface area contributed by atoms with Gasteiger partial charge in [-0.05, 0) is 30.9 Å². The van der Waals surface area contributed by atoms with Crippen molar-refractivity contribution in [3.8, 4) is 0 Å². The van der Waals surface area contributed by atoms with Crippen molar-refractivity contribution in [1.82, 2.24) is 0 Å². The van der Waals surface area contributed by atoms with Gasteiger partial charge in [-0.15, -0.1) is 0 Å². The highest BCUT2D eigenvalue weighted by Crippen LogP contribution is 2.22. The number of hydrogen-bond donors (Lipinski definition) is 0. The molecule has 0 atom stereocenters. The Kier molecular flexibility index (Phi) is 12.9. The largest absolute Gasteiger partial charge is 0.261 e. The summed E-state index contributed by atoms with van der Waals surface area (Å²) >= 11 is 0. The smallest absolute Gasteiger partial charge is 0.0657 e. The average Bonchev–Trinajstić information content (AvgIpc) is 2.59. The number of nitrogens with zero attached hydrogens (tertiary/aromatic N) is 1. The molecule has 0 N–H and O–H groups in total. The lowest BCUT2D eigenvalue weighted by Gasteiger charge is -1.99. The molecule has 0 bridgehead atoms. The van der Waals surface area contributed by atoms with Crippen LogP contribution in [-0.4, -0.2) is 6.21 Å². The first kappa shape index (κ1) is 17.3. The van der Waals surface area contributed by atoms with E-state index in [-0.39, 0.29) is 7.43 Å². The number of aliphatic imine (C=N–C) groups is 1. The Morgan fingerprint density at radius 3 is 2.31 bits per heavy atom. The molecule has 1 heterocycles. The Balaban J connectivity index is 0. The molecule has 1 aliphatic heterocycles. The van der Waals surface area contributed by atoms with Crippen molar-refractivity contribution in [2.45, 2.75) is 54.4 Å². The lowest BCUT2D eigenvalue weighted by atomic mass is 10.1. The molecule has 0 radical (unpaired) electrons. The van der Waals surface area contributed by atoms with Gasteiger partial charge in [-0.1, -0.05) is 53.3 Å². The average molecular weight is 221 g/mol. The molecule has 1 aromatic carbocycles. The SMILES string of the molecule is C.C1=Nc2ccccc2CCC1.CC.CC. The molecule has 1 nitrogen and oxygen atoms in total. The Morgan fingerprint density at radius 1 is 1.00 bits per heavy atom. The summed E-state index contributed by atoms with van der Waals surface area (Å²) in [7, 11) is 0. The fourth-order valence-electron chi connectivity index (χ4n) is 1.39. The second-order valence-corrected chi connectivity index (χ2v) is 2.83. The zero-order valence-electron chi connectivity index (χ0n) is 10.5. The van der Waals surface area contributed by atoms with Crippen molar-refractivity contribution in [1.29, 1.82) is 0 Å². The summed E-state index contributed by atoms with van der Waals surface area (Å²) in [5.74, 6) is 0. The van der Waals surface area contributed by atoms with Gasteiger partial charge in [0.15, 0.2) is 0 Å². The molecule has 1 aromatic rings. The minimum absolute atomic E-state index is 0. The van der Waals surface area contributed by atoms with E-state index in [1.807, 2.05) is 40.0 Å². The summed E-state index contributed by atoms with van der Waals surface area (Å²) in [4.78, 5) is 4.36. The van der Waals surface area contributed by atoms with Crippen LogP contribution in [0.2, 0.25) is 0 Å². The van der Waals surface area contributed by atoms with Crippen molar-refractivity contribution >= 4 is 11.9 Å². The molecule has 1 heteroatoms. The monoisotopic (exact) mass is 221 g/mol. The summed E-state index contributed by atoms with van der Waals surface area (Å²) in [6.45, 7) is 8.00. The van der Waals surface area contributed by atoms with Gasteiger partial charge in [-0.2, -0.15) is 0 Å². The molecule has 2 rings (SSSR count). The van der Waals surface area contributed by atoms with Crippen LogP contribution in [0, 0.1) is 0 Å². The Hall–Kier alpha value is -1.11. The van der Waals surface area contributed by atoms with Crippen LogP contribution in [0.3, 0.4) is 0 Å². The van der Waals surface area contributed by atoms with Crippen molar-refractivity contribution in [2.75, 3.05) is 0 Å². The van der Waals surface area contributed by atoms with E-state index in [9.17, 15) is 0 Å². The van der Waals surface area contributed by atoms with Gasteiger partial charge in [0.05, 0.1) is 5.69 Å². The first-order valence-electron chi connectivity index (χ1n) is 6.07. The van der Waals surface area contributed by atoms with E-state index in [4.69, 9.17) is 0 Å². The maximum atomic E-state index is 4.36. The maximum absolute atomic E-state index is 4.36. The molecule has 0 aromatic heterocycles. The number of fused-ring (bicyclic) bond motifs is 1. The first-order valence-corrected chi connectivity index (χ1v) is 6.07. The number of hydrogen-bond acceptors (Lipinski definition) is 1. The molecule has 0 amide bonds. The van der Waals surface area contributed by atoms with Crippen LogP contribution in [0.1, 0.15) is 53.5 Å². The first-order chi connectivity index (χ1) is 7.47. The predicted molar refractivity (Wildman–Crippen MR) is 77.0 cm³/mol. The lowest BCUT2D eigenvalue weighted by molar-refractivity contribution is 0.885. The third-order valence-corrected chi connectivity index (χ3v) is 2.00. The standard InChI is InChI=1S/C10H11N.2C2H6.CH4/c1-2-7-10-9(5-1)6-3-4-8-11-10;2*1-2;/h1-2,5,7-8H,3-4,6H2;2*1-2H3;1H4. The summed E-state index contributed by atoms with van der Waals surface area (Å²) in [5, 5.41) is 0. The van der Waals surface area contributed by atoms with Crippen molar-refractivity contribution < 1.29 is 0 Å². The van der Waals surface area contributed by atoms with Crippen LogP contribution in [0.5, 0.6) is 0 Å². The minimum atomic E-state index is 0. The topological polar surface area (TPSA) is 12.4 Å². The molecule has 0 aliphatic carbocycles. The molecule has 0 saturated heterocycles. The van der Waals surface area contributed by atoms with Crippen molar-refractivity contribution in [3.63, 3.8) is 0 Å². The van der Waals surface area contributed by atoms with E-state index in [1.54, 1.807) is 0 Å². The summed E-state index contributed by atoms with van der Waals surface area (Å²) < 4.78 is 0. The third kappa shape index (κ3) is 5.69. The van der Waals surface area contributed by atoms with Gasteiger partial charge in [0.25, 0.3) is 0 Å². The van der Waals surface area contributed by atoms with Crippen molar-refractivity contribution in [2.24, 2.45) is 4.99 Å². The molecule has 1 aliphatic rings. The van der Waals surface area contributed by atoms with E-state index in [0.717, 1.165) is 12.1 Å². The van der Waals surface area contributed by atoms with Gasteiger partial charge in [-0.25, -0.2) is 0 Å². The molecule has 0 spiro atoms. The fraction of sp³-hybridized carbons (Fsp3) is 0.533. The van der Waals surface area contributed by atoms with Gasteiger partial charge < -0.3 is 0 Å². The Morgan fingerprint density at radius 2 is 1.62 bits per heavy atom. The number of aryl methyl sites for hydroxylation is 1. The quantitative estimate of drug-likeness (QED) is 0.555. The van der Waals surface area contributed by atoms with Gasteiger partial charge in [0.1, 0.15) is 0 Å². The van der Waals surface area contributed by atoms with E-state index in [2.05, 4.69) is 23.2 Å². The molecule has 92 valence electrons. The second-order valence-electron chi connectivity index (χ2n) is 2.83. The molecule has 0 unspecified atom stereocenters. The van der Waals surface area contributed by atoms with Crippen LogP contribution in [0.15, 0.2) is 29.3 Å². The Bertz CT molecular complexity index is 277. The molecule has 0 saturated carbocycles. The number of rotatable bonds is 0. The second kappa shape index (κ2) is 12.0. The highest BCUT2D eigenvalue weighted by atomic mass is 14.7. The van der Waals surface area contributed by atoms with E-state index >= 15 is 0 Å². The highest BCUT2D eigenvalue weighted by Gasteiger charge is 2.01.